The molecule has 70 valence electrons. The molecule has 0 heterocycles. The van der Waals surface area contributed by atoms with Gasteiger partial charge in [-0.1, -0.05) is 0 Å². The molecule has 0 aromatic heterocycles. The molecule has 0 saturated carbocycles. The Labute approximate surface area is 72.1 Å². The molecule has 1 rings (SSSR count). The van der Waals surface area contributed by atoms with Crippen molar-refractivity contribution in [2.24, 2.45) is 0 Å². The van der Waals surface area contributed by atoms with Crippen LogP contribution < -0.4 is 5.23 Å². The highest BCUT2D eigenvalue weighted by Gasteiger charge is 2.12. The van der Waals surface area contributed by atoms with Gasteiger partial charge in [0.05, 0.1) is 11.0 Å². The molecule has 0 aliphatic carbocycles. The summed E-state index contributed by atoms with van der Waals surface area (Å²) in [4.78, 5) is 9.48. The predicted octanol–water partition coefficient (Wildman–Crippen LogP) is 0.885. The van der Waals surface area contributed by atoms with Crippen molar-refractivity contribution < 1.29 is 20.4 Å². The third-order valence-corrected chi connectivity index (χ3v) is 1.39. The number of phenols is 1. The molecular formula is C6H6N2O5. The van der Waals surface area contributed by atoms with Crippen LogP contribution in [0, 0.1) is 10.1 Å². The first-order valence-electron chi connectivity index (χ1n) is 3.17. The number of nitrogens with zero attached hydrogens (tertiary/aromatic N) is 2. The average Bonchev–Trinajstić information content (AvgIpc) is 2.03. The number of nitro groups is 1. The molecule has 0 amide bonds. The van der Waals surface area contributed by atoms with E-state index in [0.29, 0.717) is 0 Å². The number of hydrogen-bond donors (Lipinski definition) is 3. The third-order valence-electron chi connectivity index (χ3n) is 1.39. The quantitative estimate of drug-likeness (QED) is 0.467. The van der Waals surface area contributed by atoms with E-state index in [0.717, 1.165) is 18.2 Å². The van der Waals surface area contributed by atoms with Crippen molar-refractivity contribution in [3.63, 3.8) is 0 Å². The zero-order chi connectivity index (χ0) is 10.0. The minimum absolute atomic E-state index is 0.320. The van der Waals surface area contributed by atoms with Crippen LogP contribution in [0.2, 0.25) is 0 Å². The molecule has 0 spiro atoms. The van der Waals surface area contributed by atoms with Gasteiger partial charge in [-0.15, -0.1) is 5.23 Å². The van der Waals surface area contributed by atoms with E-state index in [1.54, 1.807) is 0 Å². The number of non-ortho nitro benzene ring substituents is 1. The number of aromatic hydroxyl groups is 1. The summed E-state index contributed by atoms with van der Waals surface area (Å²) >= 11 is 0. The molecule has 1 aromatic carbocycles. The average molecular weight is 186 g/mol. The summed E-state index contributed by atoms with van der Waals surface area (Å²) in [5, 5.41) is 35.9. The number of hydrogen-bond acceptors (Lipinski definition) is 6. The molecule has 1 aromatic rings. The second-order valence-electron chi connectivity index (χ2n) is 2.22. The molecule has 13 heavy (non-hydrogen) atoms. The molecule has 0 radical (unpaired) electrons. The van der Waals surface area contributed by atoms with Crippen LogP contribution in [-0.4, -0.2) is 20.4 Å². The van der Waals surface area contributed by atoms with Crippen LogP contribution in [0.25, 0.3) is 0 Å². The fraction of sp³-hybridized carbons (Fsp3) is 0. The highest BCUT2D eigenvalue weighted by atomic mass is 16.8. The lowest BCUT2D eigenvalue weighted by molar-refractivity contribution is -0.384. The van der Waals surface area contributed by atoms with Crippen LogP contribution in [0.1, 0.15) is 0 Å². The van der Waals surface area contributed by atoms with Crippen molar-refractivity contribution in [1.82, 2.24) is 0 Å². The van der Waals surface area contributed by atoms with E-state index in [4.69, 9.17) is 15.5 Å². The molecule has 0 aliphatic heterocycles. The van der Waals surface area contributed by atoms with Gasteiger partial charge in [-0.25, -0.2) is 0 Å². The Hall–Kier alpha value is -1.86. The maximum Gasteiger partial charge on any atom is 0.273 e. The highest BCUT2D eigenvalue weighted by Crippen LogP contribution is 2.29. The molecule has 0 bridgehead atoms. The van der Waals surface area contributed by atoms with Crippen LogP contribution >= 0.6 is 0 Å². The fourth-order valence-electron chi connectivity index (χ4n) is 0.795. The van der Waals surface area contributed by atoms with Gasteiger partial charge in [0, 0.05) is 6.07 Å². The summed E-state index contributed by atoms with van der Waals surface area (Å²) in [6.45, 7) is 0. The SMILES string of the molecule is O=[N+]([O-])c1ccc(N(O)O)c(O)c1. The maximum absolute atomic E-state index is 10.2. The van der Waals surface area contributed by atoms with Gasteiger partial charge in [0.25, 0.3) is 5.69 Å². The minimum atomic E-state index is -0.706. The molecule has 0 fully saturated rings. The third kappa shape index (κ3) is 1.83. The van der Waals surface area contributed by atoms with E-state index in [1.165, 1.54) is 0 Å². The summed E-state index contributed by atoms with van der Waals surface area (Å²) in [5.41, 5.74) is -0.659. The Morgan fingerprint density at radius 2 is 2.00 bits per heavy atom. The Bertz CT molecular complexity index is 338. The molecule has 7 heteroatoms. The van der Waals surface area contributed by atoms with Gasteiger partial charge in [0.15, 0.2) is 5.75 Å². The van der Waals surface area contributed by atoms with Gasteiger partial charge in [-0.05, 0) is 6.07 Å². The molecule has 0 aliphatic rings. The first-order chi connectivity index (χ1) is 6.02. The van der Waals surface area contributed by atoms with Crippen molar-refractivity contribution in [3.8, 4) is 5.75 Å². The number of rotatable bonds is 2. The zero-order valence-corrected chi connectivity index (χ0v) is 6.28. The number of nitro benzene ring substituents is 1. The summed E-state index contributed by atoms with van der Waals surface area (Å²) in [5.74, 6) is -0.584. The van der Waals surface area contributed by atoms with E-state index >= 15 is 0 Å². The van der Waals surface area contributed by atoms with Crippen molar-refractivity contribution in [1.29, 1.82) is 0 Å². The van der Waals surface area contributed by atoms with Crippen LogP contribution in [-0.2, 0) is 0 Å². The Kier molecular flexibility index (Phi) is 2.31. The summed E-state index contributed by atoms with van der Waals surface area (Å²) < 4.78 is 0. The Morgan fingerprint density at radius 3 is 2.38 bits per heavy atom. The lowest BCUT2D eigenvalue weighted by Gasteiger charge is -2.08. The van der Waals surface area contributed by atoms with Crippen molar-refractivity contribution >= 4 is 11.4 Å². The smallest absolute Gasteiger partial charge is 0.273 e. The molecule has 7 nitrogen and oxygen atoms in total. The molecule has 3 N–H and O–H groups in total. The number of anilines is 1. The van der Waals surface area contributed by atoms with Crippen LogP contribution in [0.15, 0.2) is 18.2 Å². The maximum atomic E-state index is 10.2. The van der Waals surface area contributed by atoms with Crippen molar-refractivity contribution in [2.75, 3.05) is 5.23 Å². The van der Waals surface area contributed by atoms with E-state index < -0.39 is 10.7 Å². The van der Waals surface area contributed by atoms with E-state index in [-0.39, 0.29) is 16.6 Å². The van der Waals surface area contributed by atoms with Crippen LogP contribution in [0.4, 0.5) is 11.4 Å². The lowest BCUT2D eigenvalue weighted by atomic mass is 10.2. The second-order valence-corrected chi connectivity index (χ2v) is 2.22. The molecular weight excluding hydrogens is 180 g/mol. The van der Waals surface area contributed by atoms with Gasteiger partial charge in [0.2, 0.25) is 0 Å². The first kappa shape index (κ1) is 9.23. The summed E-state index contributed by atoms with van der Waals surface area (Å²) in [6.07, 6.45) is 0. The second kappa shape index (κ2) is 3.25. The molecule has 0 saturated heterocycles. The zero-order valence-electron chi connectivity index (χ0n) is 6.28. The number of phenolic OH excluding ortho intramolecular Hbond substituents is 1. The Morgan fingerprint density at radius 1 is 1.38 bits per heavy atom. The molecule has 0 atom stereocenters. The topological polar surface area (TPSA) is 107 Å². The van der Waals surface area contributed by atoms with E-state index in [9.17, 15) is 10.1 Å². The van der Waals surface area contributed by atoms with Gasteiger partial charge in [0.1, 0.15) is 5.69 Å². The fourth-order valence-corrected chi connectivity index (χ4v) is 0.795. The molecule has 0 unspecified atom stereocenters. The summed E-state index contributed by atoms with van der Waals surface area (Å²) in [6, 6.07) is 2.86. The lowest BCUT2D eigenvalue weighted by Crippen LogP contribution is -2.10. The van der Waals surface area contributed by atoms with Gasteiger partial charge in [-0.2, -0.15) is 0 Å². The standard InChI is InChI=1S/C6H6N2O5/c9-6-3-4(7(10)11)1-2-5(6)8(12)13/h1-3,9,12-13H. The first-order valence-corrected chi connectivity index (χ1v) is 3.17. The van der Waals surface area contributed by atoms with E-state index in [2.05, 4.69) is 0 Å². The number of benzene rings is 1. The summed E-state index contributed by atoms with van der Waals surface area (Å²) in [7, 11) is 0. The van der Waals surface area contributed by atoms with Crippen LogP contribution in [0.5, 0.6) is 5.75 Å². The van der Waals surface area contributed by atoms with Crippen LogP contribution in [0.3, 0.4) is 0 Å². The minimum Gasteiger partial charge on any atom is -0.505 e. The van der Waals surface area contributed by atoms with Gasteiger partial charge >= 0.3 is 0 Å². The van der Waals surface area contributed by atoms with E-state index in [1.807, 2.05) is 0 Å². The van der Waals surface area contributed by atoms with Crippen molar-refractivity contribution in [3.05, 3.63) is 28.3 Å². The largest absolute Gasteiger partial charge is 0.505 e. The Balaban J connectivity index is 3.13. The van der Waals surface area contributed by atoms with Gasteiger partial charge < -0.3 is 5.11 Å². The normalized spacial score (nSPS) is 9.69. The highest BCUT2D eigenvalue weighted by molar-refractivity contribution is 5.58. The van der Waals surface area contributed by atoms with Gasteiger partial charge in [-0.3, -0.25) is 20.5 Å². The van der Waals surface area contributed by atoms with Crippen molar-refractivity contribution in [2.45, 2.75) is 0 Å². The predicted molar refractivity (Wildman–Crippen MR) is 40.8 cm³/mol. The monoisotopic (exact) mass is 186 g/mol.